The van der Waals surface area contributed by atoms with E-state index in [1.165, 1.54) is 3.97 Å². The molecule has 0 aliphatic heterocycles. The number of methoxy groups -OCH3 is 1. The van der Waals surface area contributed by atoms with Gasteiger partial charge in [0.2, 0.25) is 0 Å². The Morgan fingerprint density at radius 2 is 1.52 bits per heavy atom. The molecule has 0 bridgehead atoms. The van der Waals surface area contributed by atoms with Gasteiger partial charge in [-0.05, 0) is 60.2 Å². The third-order valence-electron chi connectivity index (χ3n) is 5.35. The van der Waals surface area contributed by atoms with Crippen LogP contribution in [0.1, 0.15) is 5.56 Å². The molecular weight excluding hydrogens is 382 g/mol. The van der Waals surface area contributed by atoms with Crippen LogP contribution in [-0.4, -0.2) is 19.5 Å². The van der Waals surface area contributed by atoms with Gasteiger partial charge in [0.15, 0.2) is 0 Å². The van der Waals surface area contributed by atoms with Crippen LogP contribution < -0.4 is 4.74 Å². The number of aryl methyl sites for hydroxylation is 1. The number of ether oxygens (including phenoxy) is 1. The van der Waals surface area contributed by atoms with Crippen molar-refractivity contribution in [3.05, 3.63) is 84.4 Å². The molecule has 0 amide bonds. The summed E-state index contributed by atoms with van der Waals surface area (Å²) in [6, 6.07) is 24.4. The summed E-state index contributed by atoms with van der Waals surface area (Å²) in [5.41, 5.74) is 2.35. The van der Waals surface area contributed by atoms with Gasteiger partial charge in [-0.1, -0.05) is 42.0 Å². The van der Waals surface area contributed by atoms with E-state index in [0.717, 1.165) is 32.9 Å². The number of hydrogen-bond donors (Lipinski definition) is 0. The number of fused-ring (bicyclic) bond motifs is 4. The van der Waals surface area contributed by atoms with Crippen molar-refractivity contribution in [1.29, 1.82) is 0 Å². The first-order chi connectivity index (χ1) is 14.0. The second kappa shape index (κ2) is 6.36. The Kier molecular flexibility index (Phi) is 3.89. The zero-order valence-corrected chi connectivity index (χ0v) is 16.9. The van der Waals surface area contributed by atoms with E-state index in [4.69, 9.17) is 4.74 Å². The van der Waals surface area contributed by atoms with Crippen LogP contribution in [0.3, 0.4) is 0 Å². The van der Waals surface area contributed by atoms with Crippen LogP contribution in [0.5, 0.6) is 5.75 Å². The number of nitrogens with zero attached hydrogens (tertiary/aromatic N) is 1. The molecule has 4 nitrogen and oxygen atoms in total. The van der Waals surface area contributed by atoms with Gasteiger partial charge < -0.3 is 4.74 Å². The van der Waals surface area contributed by atoms with Gasteiger partial charge in [0.1, 0.15) is 5.75 Å². The van der Waals surface area contributed by atoms with Gasteiger partial charge >= 0.3 is 0 Å². The molecule has 0 atom stereocenters. The molecule has 0 spiro atoms. The molecular formula is C24H19NO3S. The van der Waals surface area contributed by atoms with Crippen molar-refractivity contribution < 1.29 is 13.2 Å². The quantitative estimate of drug-likeness (QED) is 0.401. The molecule has 0 aliphatic rings. The van der Waals surface area contributed by atoms with Crippen LogP contribution in [0.2, 0.25) is 0 Å². The summed E-state index contributed by atoms with van der Waals surface area (Å²) in [4.78, 5) is 0.275. The average Bonchev–Trinajstić information content (AvgIpc) is 3.06. The summed E-state index contributed by atoms with van der Waals surface area (Å²) in [5.74, 6) is 0.737. The van der Waals surface area contributed by atoms with Crippen LogP contribution in [0.25, 0.3) is 32.6 Å². The Bertz CT molecular complexity index is 1500. The standard InChI is InChI=1S/C24H19NO3S/c1-16-7-11-20(12-8-16)29(26,27)25-23-6-4-3-5-21(23)22-14-17-9-10-19(28-2)13-18(17)15-24(22)25/h3-15H,1-2H3. The molecule has 5 heteroatoms. The van der Waals surface area contributed by atoms with E-state index in [1.807, 2.05) is 73.7 Å². The van der Waals surface area contributed by atoms with Crippen molar-refractivity contribution >= 4 is 42.6 Å². The Hall–Kier alpha value is -3.31. The van der Waals surface area contributed by atoms with Crippen molar-refractivity contribution in [1.82, 2.24) is 3.97 Å². The van der Waals surface area contributed by atoms with Crippen LogP contribution >= 0.6 is 0 Å². The maximum absolute atomic E-state index is 13.6. The average molecular weight is 401 g/mol. The lowest BCUT2D eigenvalue weighted by Gasteiger charge is -2.10. The lowest BCUT2D eigenvalue weighted by Crippen LogP contribution is -2.12. The monoisotopic (exact) mass is 401 g/mol. The van der Waals surface area contributed by atoms with E-state index >= 15 is 0 Å². The molecule has 0 saturated heterocycles. The van der Waals surface area contributed by atoms with Crippen molar-refractivity contribution in [2.45, 2.75) is 11.8 Å². The molecule has 5 aromatic rings. The molecule has 0 radical (unpaired) electrons. The largest absolute Gasteiger partial charge is 0.497 e. The van der Waals surface area contributed by atoms with Gasteiger partial charge in [0.05, 0.1) is 23.0 Å². The highest BCUT2D eigenvalue weighted by Gasteiger charge is 2.23. The van der Waals surface area contributed by atoms with Crippen molar-refractivity contribution in [2.24, 2.45) is 0 Å². The second-order valence-corrected chi connectivity index (χ2v) is 8.97. The number of para-hydroxylation sites is 1. The number of aromatic nitrogens is 1. The summed E-state index contributed by atoms with van der Waals surface area (Å²) >= 11 is 0. The first-order valence-electron chi connectivity index (χ1n) is 9.32. The fourth-order valence-electron chi connectivity index (χ4n) is 3.86. The third kappa shape index (κ3) is 2.69. The molecule has 5 rings (SSSR count). The minimum Gasteiger partial charge on any atom is -0.497 e. The SMILES string of the molecule is COc1ccc2cc3c4ccccc4n(S(=O)(=O)c4ccc(C)cc4)c3cc2c1. The maximum atomic E-state index is 13.6. The predicted octanol–water partition coefficient (Wildman–Crippen LogP) is 5.50. The van der Waals surface area contributed by atoms with Gasteiger partial charge in [-0.25, -0.2) is 12.4 Å². The van der Waals surface area contributed by atoms with E-state index in [-0.39, 0.29) is 4.90 Å². The van der Waals surface area contributed by atoms with E-state index in [9.17, 15) is 8.42 Å². The molecule has 1 aromatic heterocycles. The summed E-state index contributed by atoms with van der Waals surface area (Å²) in [6.07, 6.45) is 0. The van der Waals surface area contributed by atoms with Gasteiger partial charge in [-0.2, -0.15) is 0 Å². The van der Waals surface area contributed by atoms with E-state index in [0.29, 0.717) is 11.0 Å². The lowest BCUT2D eigenvalue weighted by atomic mass is 10.1. The smallest absolute Gasteiger partial charge is 0.268 e. The first kappa shape index (κ1) is 17.8. The molecule has 0 unspecified atom stereocenters. The summed E-state index contributed by atoms with van der Waals surface area (Å²) < 4.78 is 34.1. The Labute approximate surface area is 169 Å². The Morgan fingerprint density at radius 1 is 0.759 bits per heavy atom. The molecule has 1 heterocycles. The van der Waals surface area contributed by atoms with Gasteiger partial charge in [-0.3, -0.25) is 0 Å². The lowest BCUT2D eigenvalue weighted by molar-refractivity contribution is 0.415. The van der Waals surface area contributed by atoms with E-state index in [1.54, 1.807) is 19.2 Å². The molecule has 0 saturated carbocycles. The maximum Gasteiger partial charge on any atom is 0.268 e. The van der Waals surface area contributed by atoms with E-state index < -0.39 is 10.0 Å². The minimum absolute atomic E-state index is 0.275. The zero-order chi connectivity index (χ0) is 20.2. The van der Waals surface area contributed by atoms with E-state index in [2.05, 4.69) is 0 Å². The van der Waals surface area contributed by atoms with Crippen molar-refractivity contribution in [3.8, 4) is 5.75 Å². The fourth-order valence-corrected chi connectivity index (χ4v) is 5.38. The molecule has 0 aliphatic carbocycles. The van der Waals surface area contributed by atoms with Crippen LogP contribution in [0.15, 0.2) is 83.8 Å². The topological polar surface area (TPSA) is 48.3 Å². The fraction of sp³-hybridized carbons (Fsp3) is 0.0833. The normalized spacial score (nSPS) is 12.1. The van der Waals surface area contributed by atoms with Crippen LogP contribution in [0.4, 0.5) is 0 Å². The molecule has 0 N–H and O–H groups in total. The number of benzene rings is 4. The van der Waals surface area contributed by atoms with Gasteiger partial charge in [-0.15, -0.1) is 0 Å². The zero-order valence-electron chi connectivity index (χ0n) is 16.1. The van der Waals surface area contributed by atoms with Gasteiger partial charge in [0, 0.05) is 10.8 Å². The van der Waals surface area contributed by atoms with Crippen LogP contribution in [0, 0.1) is 6.92 Å². The van der Waals surface area contributed by atoms with Crippen LogP contribution in [-0.2, 0) is 10.0 Å². The Morgan fingerprint density at radius 3 is 2.28 bits per heavy atom. The summed E-state index contributed by atoms with van der Waals surface area (Å²) in [5, 5.41) is 3.79. The number of rotatable bonds is 3. The van der Waals surface area contributed by atoms with Gasteiger partial charge in [0.25, 0.3) is 10.0 Å². The molecule has 29 heavy (non-hydrogen) atoms. The third-order valence-corrected chi connectivity index (χ3v) is 7.09. The molecule has 144 valence electrons. The molecule has 4 aromatic carbocycles. The Balaban J connectivity index is 1.92. The predicted molar refractivity (Wildman–Crippen MR) is 117 cm³/mol. The highest BCUT2D eigenvalue weighted by molar-refractivity contribution is 7.90. The first-order valence-corrected chi connectivity index (χ1v) is 10.8. The van der Waals surface area contributed by atoms with Crippen molar-refractivity contribution in [3.63, 3.8) is 0 Å². The summed E-state index contributed by atoms with van der Waals surface area (Å²) in [6.45, 7) is 1.94. The second-order valence-electron chi connectivity index (χ2n) is 7.18. The highest BCUT2D eigenvalue weighted by atomic mass is 32.2. The number of hydrogen-bond acceptors (Lipinski definition) is 3. The highest BCUT2D eigenvalue weighted by Crippen LogP contribution is 2.35. The summed E-state index contributed by atoms with van der Waals surface area (Å²) in [7, 11) is -2.14. The molecule has 0 fully saturated rings. The minimum atomic E-state index is -3.76. The van der Waals surface area contributed by atoms with Crippen molar-refractivity contribution in [2.75, 3.05) is 7.11 Å².